The van der Waals surface area contributed by atoms with Gasteiger partial charge in [-0.1, -0.05) is 6.42 Å². The van der Waals surface area contributed by atoms with Crippen LogP contribution in [0, 0.1) is 17.5 Å². The summed E-state index contributed by atoms with van der Waals surface area (Å²) >= 11 is 0. The van der Waals surface area contributed by atoms with Crippen molar-refractivity contribution in [3.05, 3.63) is 29.6 Å². The number of nitrogens with one attached hydrogen (secondary N) is 1. The molecular formula is C14H17F3N2. The Morgan fingerprint density at radius 1 is 1.00 bits per heavy atom. The topological polar surface area (TPSA) is 15.3 Å². The van der Waals surface area contributed by atoms with Crippen LogP contribution >= 0.6 is 0 Å². The van der Waals surface area contributed by atoms with Crippen LogP contribution in [0.4, 0.5) is 18.9 Å². The third-order valence-corrected chi connectivity index (χ3v) is 4.19. The quantitative estimate of drug-likeness (QED) is 0.888. The van der Waals surface area contributed by atoms with Crippen LogP contribution in [0.1, 0.15) is 25.7 Å². The summed E-state index contributed by atoms with van der Waals surface area (Å²) in [6.07, 6.45) is 4.29. The van der Waals surface area contributed by atoms with Crippen LogP contribution in [0.3, 0.4) is 0 Å². The third-order valence-electron chi connectivity index (χ3n) is 4.19. The van der Waals surface area contributed by atoms with Gasteiger partial charge in [0.15, 0.2) is 11.6 Å². The minimum absolute atomic E-state index is 0.0507. The number of halogens is 3. The van der Waals surface area contributed by atoms with Crippen molar-refractivity contribution in [3.8, 4) is 0 Å². The highest BCUT2D eigenvalue weighted by Gasteiger charge is 2.36. The molecule has 2 atom stereocenters. The van der Waals surface area contributed by atoms with Gasteiger partial charge in [-0.2, -0.15) is 0 Å². The van der Waals surface area contributed by atoms with Crippen molar-refractivity contribution >= 4 is 5.69 Å². The van der Waals surface area contributed by atoms with Gasteiger partial charge in [0.2, 0.25) is 0 Å². The molecular weight excluding hydrogens is 253 g/mol. The minimum atomic E-state index is -0.883. The van der Waals surface area contributed by atoms with Gasteiger partial charge in [-0.3, -0.25) is 4.90 Å². The molecule has 2 aliphatic heterocycles. The molecule has 1 N–H and O–H groups in total. The van der Waals surface area contributed by atoms with E-state index in [1.165, 1.54) is 6.42 Å². The van der Waals surface area contributed by atoms with Crippen molar-refractivity contribution in [1.29, 1.82) is 0 Å². The molecule has 0 bridgehead atoms. The molecule has 0 spiro atoms. The molecule has 0 aliphatic carbocycles. The fourth-order valence-electron chi connectivity index (χ4n) is 3.28. The molecule has 104 valence electrons. The van der Waals surface area contributed by atoms with Gasteiger partial charge in [0.05, 0.1) is 0 Å². The van der Waals surface area contributed by atoms with Crippen LogP contribution in [-0.2, 0) is 0 Å². The predicted molar refractivity (Wildman–Crippen MR) is 67.6 cm³/mol. The summed E-state index contributed by atoms with van der Waals surface area (Å²) in [5.41, 5.74) is -0.196. The number of anilines is 1. The van der Waals surface area contributed by atoms with E-state index >= 15 is 0 Å². The Morgan fingerprint density at radius 2 is 1.74 bits per heavy atom. The van der Waals surface area contributed by atoms with E-state index in [0.717, 1.165) is 44.5 Å². The summed E-state index contributed by atoms with van der Waals surface area (Å²) in [5.74, 6) is -2.59. The Hall–Kier alpha value is -1.23. The zero-order valence-corrected chi connectivity index (χ0v) is 10.6. The summed E-state index contributed by atoms with van der Waals surface area (Å²) in [5, 5.41) is 2.95. The van der Waals surface area contributed by atoms with Crippen molar-refractivity contribution < 1.29 is 13.2 Å². The molecule has 2 heterocycles. The van der Waals surface area contributed by atoms with E-state index in [9.17, 15) is 13.2 Å². The molecule has 0 radical (unpaired) electrons. The maximum atomic E-state index is 13.6. The van der Waals surface area contributed by atoms with Gasteiger partial charge in [0, 0.05) is 30.8 Å². The predicted octanol–water partition coefficient (Wildman–Crippen LogP) is 3.14. The first-order chi connectivity index (χ1) is 9.15. The van der Waals surface area contributed by atoms with E-state index in [0.29, 0.717) is 6.04 Å². The van der Waals surface area contributed by atoms with Gasteiger partial charge in [-0.25, -0.2) is 13.2 Å². The smallest absolute Gasteiger partial charge is 0.152 e. The van der Waals surface area contributed by atoms with E-state index in [4.69, 9.17) is 0 Å². The van der Waals surface area contributed by atoms with Gasteiger partial charge >= 0.3 is 0 Å². The molecule has 0 saturated carbocycles. The molecule has 2 nitrogen and oxygen atoms in total. The summed E-state index contributed by atoms with van der Waals surface area (Å²) < 4.78 is 40.1. The van der Waals surface area contributed by atoms with Crippen molar-refractivity contribution in [3.63, 3.8) is 0 Å². The number of piperidine rings is 1. The number of benzene rings is 1. The maximum Gasteiger partial charge on any atom is 0.152 e. The van der Waals surface area contributed by atoms with E-state index in [-0.39, 0.29) is 11.7 Å². The number of nitrogens with zero attached hydrogens (tertiary/aromatic N) is 1. The van der Waals surface area contributed by atoms with E-state index in [2.05, 4.69) is 10.2 Å². The largest absolute Gasteiger partial charge is 0.376 e. The molecule has 0 aromatic heterocycles. The monoisotopic (exact) mass is 270 g/mol. The minimum Gasteiger partial charge on any atom is -0.376 e. The fraction of sp³-hybridized carbons (Fsp3) is 0.571. The molecule has 5 heteroatoms. The van der Waals surface area contributed by atoms with E-state index in [1.54, 1.807) is 0 Å². The number of fused-ring (bicyclic) bond motifs is 1. The Balaban J connectivity index is 1.78. The number of hydrogen-bond acceptors (Lipinski definition) is 2. The zero-order valence-electron chi connectivity index (χ0n) is 10.6. The molecule has 0 amide bonds. The summed E-state index contributed by atoms with van der Waals surface area (Å²) in [7, 11) is 0. The van der Waals surface area contributed by atoms with Crippen molar-refractivity contribution in [1.82, 2.24) is 4.90 Å². The second-order valence-electron chi connectivity index (χ2n) is 5.38. The highest BCUT2D eigenvalue weighted by atomic mass is 19.1. The Kier molecular flexibility index (Phi) is 3.39. The Labute approximate surface area is 110 Å². The Morgan fingerprint density at radius 3 is 2.47 bits per heavy atom. The fourth-order valence-corrected chi connectivity index (χ4v) is 3.28. The average Bonchev–Trinajstić information content (AvgIpc) is 2.77. The molecule has 3 rings (SSSR count). The summed E-state index contributed by atoms with van der Waals surface area (Å²) in [6.45, 7) is 2.03. The van der Waals surface area contributed by atoms with Crippen molar-refractivity contribution in [2.75, 3.05) is 18.4 Å². The Bertz CT molecular complexity index is 455. The van der Waals surface area contributed by atoms with Crippen LogP contribution < -0.4 is 5.32 Å². The molecule has 2 aliphatic rings. The van der Waals surface area contributed by atoms with Crippen molar-refractivity contribution in [2.24, 2.45) is 0 Å². The van der Waals surface area contributed by atoms with Crippen LogP contribution in [0.5, 0.6) is 0 Å². The van der Waals surface area contributed by atoms with Gasteiger partial charge < -0.3 is 5.32 Å². The normalized spacial score (nSPS) is 27.3. The highest BCUT2D eigenvalue weighted by Crippen LogP contribution is 2.31. The molecule has 1 aromatic rings. The number of rotatable bonds is 2. The lowest BCUT2D eigenvalue weighted by atomic mass is 9.99. The second kappa shape index (κ2) is 5.04. The molecule has 1 aromatic carbocycles. The summed E-state index contributed by atoms with van der Waals surface area (Å²) in [6, 6.07) is 1.84. The first-order valence-electron chi connectivity index (χ1n) is 6.80. The van der Waals surface area contributed by atoms with Gasteiger partial charge in [-0.15, -0.1) is 0 Å². The lowest BCUT2D eigenvalue weighted by Crippen LogP contribution is -2.42. The van der Waals surface area contributed by atoms with Crippen LogP contribution in [0.25, 0.3) is 0 Å². The SMILES string of the molecule is Fc1cc(F)c(NC2CCN3CCCCC23)c(F)c1. The first-order valence-corrected chi connectivity index (χ1v) is 6.80. The lowest BCUT2D eigenvalue weighted by molar-refractivity contribution is 0.192. The molecule has 2 unspecified atom stereocenters. The third kappa shape index (κ3) is 2.43. The van der Waals surface area contributed by atoms with Crippen LogP contribution in [0.15, 0.2) is 12.1 Å². The molecule has 2 fully saturated rings. The van der Waals surface area contributed by atoms with Crippen LogP contribution in [0.2, 0.25) is 0 Å². The maximum absolute atomic E-state index is 13.6. The standard InChI is InChI=1S/C14H17F3N2/c15-9-7-10(16)14(11(17)8-9)18-12-4-6-19-5-2-1-3-13(12)19/h7-8,12-13,18H,1-6H2. The van der Waals surface area contributed by atoms with Crippen LogP contribution in [-0.4, -0.2) is 30.1 Å². The second-order valence-corrected chi connectivity index (χ2v) is 5.38. The first kappa shape index (κ1) is 12.8. The van der Waals surface area contributed by atoms with Crippen molar-refractivity contribution in [2.45, 2.75) is 37.8 Å². The molecule has 19 heavy (non-hydrogen) atoms. The van der Waals surface area contributed by atoms with E-state index < -0.39 is 17.5 Å². The van der Waals surface area contributed by atoms with E-state index in [1.807, 2.05) is 0 Å². The van der Waals surface area contributed by atoms with Gasteiger partial charge in [0.25, 0.3) is 0 Å². The highest BCUT2D eigenvalue weighted by molar-refractivity contribution is 5.47. The molecule has 2 saturated heterocycles. The summed E-state index contributed by atoms with van der Waals surface area (Å²) in [4.78, 5) is 2.38. The van der Waals surface area contributed by atoms with Gasteiger partial charge in [0.1, 0.15) is 11.5 Å². The number of hydrogen-bond donors (Lipinski definition) is 1. The average molecular weight is 270 g/mol. The zero-order chi connectivity index (χ0) is 13.4. The lowest BCUT2D eigenvalue weighted by Gasteiger charge is -2.33. The van der Waals surface area contributed by atoms with Gasteiger partial charge in [-0.05, 0) is 25.8 Å².